The lowest BCUT2D eigenvalue weighted by Gasteiger charge is -2.32. The summed E-state index contributed by atoms with van der Waals surface area (Å²) in [6.45, 7) is 1.49. The minimum atomic E-state index is 0.0230. The highest BCUT2D eigenvalue weighted by Gasteiger charge is 2.27. The lowest BCUT2D eigenvalue weighted by molar-refractivity contribution is 0.0701. The molecule has 5 nitrogen and oxygen atoms in total. The van der Waals surface area contributed by atoms with Gasteiger partial charge in [0.05, 0.1) is 11.0 Å². The maximum Gasteiger partial charge on any atom is 0.273 e. The first-order valence-electron chi connectivity index (χ1n) is 7.69. The van der Waals surface area contributed by atoms with Crippen LogP contribution in [-0.4, -0.2) is 38.8 Å². The lowest BCUT2D eigenvalue weighted by Crippen LogP contribution is -2.39. The number of nitrogens with zero attached hydrogens (tertiary/aromatic N) is 4. The van der Waals surface area contributed by atoms with Crippen LogP contribution in [0.3, 0.4) is 0 Å². The summed E-state index contributed by atoms with van der Waals surface area (Å²) < 4.78 is 0. The predicted molar refractivity (Wildman–Crippen MR) is 89.5 cm³/mol. The van der Waals surface area contributed by atoms with Crippen LogP contribution in [0, 0.1) is 0 Å². The first kappa shape index (κ1) is 14.3. The molecule has 4 heterocycles. The molecule has 1 aliphatic heterocycles. The van der Waals surface area contributed by atoms with Crippen LogP contribution in [0.15, 0.2) is 41.5 Å². The molecule has 0 bridgehead atoms. The number of pyridine rings is 2. The zero-order valence-electron chi connectivity index (χ0n) is 12.6. The van der Waals surface area contributed by atoms with Gasteiger partial charge in [-0.15, -0.1) is 11.3 Å². The maximum absolute atomic E-state index is 12.5. The molecule has 1 saturated heterocycles. The van der Waals surface area contributed by atoms with E-state index in [4.69, 9.17) is 0 Å². The van der Waals surface area contributed by atoms with Gasteiger partial charge in [0, 0.05) is 47.9 Å². The van der Waals surface area contributed by atoms with Gasteiger partial charge in [-0.25, -0.2) is 4.98 Å². The molecule has 0 spiro atoms. The lowest BCUT2D eigenvalue weighted by atomic mass is 9.93. The number of carbonyl (C=O) groups excluding carboxylic acids is 1. The molecular weight excluding hydrogens is 308 g/mol. The van der Waals surface area contributed by atoms with Gasteiger partial charge in [0.2, 0.25) is 0 Å². The molecule has 0 N–H and O–H groups in total. The minimum Gasteiger partial charge on any atom is -0.337 e. The highest BCUT2D eigenvalue weighted by atomic mass is 32.1. The van der Waals surface area contributed by atoms with Crippen LogP contribution in [0.25, 0.3) is 10.9 Å². The molecule has 0 radical (unpaired) electrons. The summed E-state index contributed by atoms with van der Waals surface area (Å²) in [6, 6.07) is 5.98. The third-order valence-corrected chi connectivity index (χ3v) is 4.87. The summed E-state index contributed by atoms with van der Waals surface area (Å²) in [7, 11) is 0. The predicted octanol–water partition coefficient (Wildman–Crippen LogP) is 3.11. The SMILES string of the molecule is O=C(c1cscn1)N1CCCC(c2cc3ncccc3cn2)C1. The number of likely N-dealkylation sites (tertiary alicyclic amines) is 1. The number of rotatable bonds is 2. The van der Waals surface area contributed by atoms with E-state index in [1.54, 1.807) is 11.7 Å². The van der Waals surface area contributed by atoms with E-state index in [2.05, 4.69) is 21.0 Å². The Bertz CT molecular complexity index is 833. The summed E-state index contributed by atoms with van der Waals surface area (Å²) >= 11 is 1.45. The first-order chi connectivity index (χ1) is 11.3. The Morgan fingerprint density at radius 1 is 1.30 bits per heavy atom. The largest absolute Gasteiger partial charge is 0.337 e. The molecule has 3 aromatic rings. The van der Waals surface area contributed by atoms with Gasteiger partial charge in [0.15, 0.2) is 0 Å². The van der Waals surface area contributed by atoms with Gasteiger partial charge in [-0.05, 0) is 31.0 Å². The fourth-order valence-electron chi connectivity index (χ4n) is 3.09. The fraction of sp³-hybridized carbons (Fsp3) is 0.294. The summed E-state index contributed by atoms with van der Waals surface area (Å²) in [5.74, 6) is 0.285. The van der Waals surface area contributed by atoms with Gasteiger partial charge >= 0.3 is 0 Å². The molecule has 1 aliphatic rings. The van der Waals surface area contributed by atoms with Gasteiger partial charge < -0.3 is 4.90 Å². The van der Waals surface area contributed by atoms with Gasteiger partial charge in [-0.1, -0.05) is 0 Å². The third-order valence-electron chi connectivity index (χ3n) is 4.29. The second kappa shape index (κ2) is 6.04. The number of carbonyl (C=O) groups is 1. The third kappa shape index (κ3) is 2.82. The average molecular weight is 324 g/mol. The molecule has 1 fully saturated rings. The van der Waals surface area contributed by atoms with E-state index in [0.29, 0.717) is 12.2 Å². The Labute approximate surface area is 138 Å². The second-order valence-corrected chi connectivity index (χ2v) is 6.49. The Balaban J connectivity index is 1.57. The van der Waals surface area contributed by atoms with E-state index < -0.39 is 0 Å². The van der Waals surface area contributed by atoms with Crippen molar-refractivity contribution < 1.29 is 4.79 Å². The fourth-order valence-corrected chi connectivity index (χ4v) is 3.61. The van der Waals surface area contributed by atoms with Crippen LogP contribution in [0.2, 0.25) is 0 Å². The van der Waals surface area contributed by atoms with Crippen molar-refractivity contribution in [1.29, 1.82) is 0 Å². The number of piperidine rings is 1. The van der Waals surface area contributed by atoms with Crippen molar-refractivity contribution in [3.05, 3.63) is 52.9 Å². The molecule has 0 aliphatic carbocycles. The Morgan fingerprint density at radius 2 is 2.26 bits per heavy atom. The van der Waals surface area contributed by atoms with Crippen LogP contribution in [0.4, 0.5) is 0 Å². The van der Waals surface area contributed by atoms with Crippen LogP contribution < -0.4 is 0 Å². The van der Waals surface area contributed by atoms with Crippen molar-refractivity contribution in [1.82, 2.24) is 19.9 Å². The monoisotopic (exact) mass is 324 g/mol. The van der Waals surface area contributed by atoms with E-state index in [1.165, 1.54) is 11.3 Å². The summed E-state index contributed by atoms with van der Waals surface area (Å²) in [6.07, 6.45) is 5.71. The zero-order valence-corrected chi connectivity index (χ0v) is 13.4. The van der Waals surface area contributed by atoms with Gasteiger partial charge in [0.25, 0.3) is 5.91 Å². The van der Waals surface area contributed by atoms with Crippen LogP contribution in [0.5, 0.6) is 0 Å². The van der Waals surface area contributed by atoms with E-state index >= 15 is 0 Å². The molecule has 116 valence electrons. The molecule has 1 unspecified atom stereocenters. The topological polar surface area (TPSA) is 59.0 Å². The molecule has 3 aromatic heterocycles. The van der Waals surface area contributed by atoms with Crippen LogP contribution in [0.1, 0.15) is 34.9 Å². The number of amides is 1. The Kier molecular flexibility index (Phi) is 3.75. The second-order valence-electron chi connectivity index (χ2n) is 5.77. The summed E-state index contributed by atoms with van der Waals surface area (Å²) in [4.78, 5) is 27.5. The van der Waals surface area contributed by atoms with Crippen molar-refractivity contribution >= 4 is 28.1 Å². The van der Waals surface area contributed by atoms with Crippen molar-refractivity contribution in [3.63, 3.8) is 0 Å². The van der Waals surface area contributed by atoms with Gasteiger partial charge in [0.1, 0.15) is 5.69 Å². The van der Waals surface area contributed by atoms with E-state index in [-0.39, 0.29) is 11.8 Å². The molecule has 4 rings (SSSR count). The van der Waals surface area contributed by atoms with Gasteiger partial charge in [-0.3, -0.25) is 14.8 Å². The van der Waals surface area contributed by atoms with Crippen molar-refractivity contribution in [2.45, 2.75) is 18.8 Å². The molecule has 0 aromatic carbocycles. The van der Waals surface area contributed by atoms with Crippen LogP contribution in [-0.2, 0) is 0 Å². The van der Waals surface area contributed by atoms with Crippen LogP contribution >= 0.6 is 11.3 Å². The Morgan fingerprint density at radius 3 is 3.13 bits per heavy atom. The molecular formula is C17H16N4OS. The highest BCUT2D eigenvalue weighted by molar-refractivity contribution is 7.07. The molecule has 1 atom stereocenters. The summed E-state index contributed by atoms with van der Waals surface area (Å²) in [5, 5.41) is 2.85. The van der Waals surface area contributed by atoms with E-state index in [1.807, 2.05) is 28.6 Å². The van der Waals surface area contributed by atoms with Crippen molar-refractivity contribution in [3.8, 4) is 0 Å². The molecule has 6 heteroatoms. The molecule has 1 amide bonds. The number of fused-ring (bicyclic) bond motifs is 1. The number of hydrogen-bond donors (Lipinski definition) is 0. The van der Waals surface area contributed by atoms with Crippen molar-refractivity contribution in [2.75, 3.05) is 13.1 Å². The highest BCUT2D eigenvalue weighted by Crippen LogP contribution is 2.27. The Hall–Kier alpha value is -2.34. The quantitative estimate of drug-likeness (QED) is 0.727. The minimum absolute atomic E-state index is 0.0230. The number of thiazole rings is 1. The molecule has 23 heavy (non-hydrogen) atoms. The first-order valence-corrected chi connectivity index (χ1v) is 8.64. The average Bonchev–Trinajstić information content (AvgIpc) is 3.15. The van der Waals surface area contributed by atoms with Crippen molar-refractivity contribution in [2.24, 2.45) is 0 Å². The smallest absolute Gasteiger partial charge is 0.273 e. The van der Waals surface area contributed by atoms with E-state index in [9.17, 15) is 4.79 Å². The number of hydrogen-bond acceptors (Lipinski definition) is 5. The summed E-state index contributed by atoms with van der Waals surface area (Å²) in [5.41, 5.74) is 4.22. The normalized spacial score (nSPS) is 18.3. The molecule has 0 saturated carbocycles. The van der Waals surface area contributed by atoms with E-state index in [0.717, 1.165) is 36.0 Å². The maximum atomic E-state index is 12.5. The zero-order chi connectivity index (χ0) is 15.6. The standard InChI is InChI=1S/C17H16N4OS/c22-17(16-10-23-11-20-16)21-6-2-4-13(9-21)15-7-14-12(8-19-15)3-1-5-18-14/h1,3,5,7-8,10-11,13H,2,4,6,9H2. The number of aromatic nitrogens is 3. The van der Waals surface area contributed by atoms with Gasteiger partial charge in [-0.2, -0.15) is 0 Å².